The fourth-order valence-corrected chi connectivity index (χ4v) is 4.86. The first-order valence-corrected chi connectivity index (χ1v) is 12.8. The number of ether oxygens (including phenoxy) is 1. The number of esters is 1. The molecule has 2 heterocycles. The van der Waals surface area contributed by atoms with Gasteiger partial charge >= 0.3 is 5.97 Å². The summed E-state index contributed by atoms with van der Waals surface area (Å²) in [6.45, 7) is 7.67. The number of carbonyl (C=O) groups excluding carboxylic acids is 2. The highest BCUT2D eigenvalue weighted by Gasteiger charge is 2.23. The molecule has 0 N–H and O–H groups in total. The highest BCUT2D eigenvalue weighted by molar-refractivity contribution is 6.31. The monoisotopic (exact) mass is 522 g/mol. The number of halogens is 1. The molecule has 0 radical (unpaired) electrons. The lowest BCUT2D eigenvalue weighted by Crippen LogP contribution is -2.24. The van der Waals surface area contributed by atoms with Crippen LogP contribution in [0.4, 0.5) is 0 Å². The zero-order valence-electron chi connectivity index (χ0n) is 21.7. The van der Waals surface area contributed by atoms with Crippen LogP contribution in [-0.2, 0) is 4.74 Å². The summed E-state index contributed by atoms with van der Waals surface area (Å²) in [6, 6.07) is 26.4. The van der Waals surface area contributed by atoms with Crippen LogP contribution in [-0.4, -0.2) is 27.4 Å². The van der Waals surface area contributed by atoms with E-state index in [1.54, 1.807) is 37.3 Å². The maximum atomic E-state index is 13.4. The van der Waals surface area contributed by atoms with Crippen LogP contribution >= 0.6 is 11.6 Å². The van der Waals surface area contributed by atoms with Gasteiger partial charge in [-0.3, -0.25) is 4.79 Å². The van der Waals surface area contributed by atoms with Gasteiger partial charge in [0.15, 0.2) is 6.10 Å². The number of ketones is 1. The summed E-state index contributed by atoms with van der Waals surface area (Å²) in [5, 5.41) is 1.12. The van der Waals surface area contributed by atoms with Crippen molar-refractivity contribution in [3.05, 3.63) is 118 Å². The Morgan fingerprint density at radius 1 is 0.868 bits per heavy atom. The molecular weight excluding hydrogens is 496 g/mol. The molecule has 1 unspecified atom stereocenters. The lowest BCUT2D eigenvalue weighted by atomic mass is 10.0. The molecule has 0 saturated heterocycles. The molecule has 0 aliphatic rings. The molecule has 3 aromatic carbocycles. The summed E-state index contributed by atoms with van der Waals surface area (Å²) in [5.74, 6) is -0.899. The van der Waals surface area contributed by atoms with Gasteiger partial charge in [0.05, 0.1) is 16.8 Å². The minimum atomic E-state index is -0.982. The van der Waals surface area contributed by atoms with Crippen LogP contribution in [0.2, 0.25) is 5.02 Å². The lowest BCUT2D eigenvalue weighted by Gasteiger charge is -2.15. The van der Waals surface area contributed by atoms with Crippen molar-refractivity contribution < 1.29 is 14.3 Å². The molecule has 0 saturated carbocycles. The number of rotatable bonds is 6. The second-order valence-corrected chi connectivity index (χ2v) is 9.93. The Morgan fingerprint density at radius 3 is 2.26 bits per heavy atom. The van der Waals surface area contributed by atoms with Crippen LogP contribution in [0.1, 0.15) is 44.6 Å². The fraction of sp³-hybridized carbons (Fsp3) is 0.156. The van der Waals surface area contributed by atoms with Gasteiger partial charge in [0.2, 0.25) is 5.78 Å². The largest absolute Gasteiger partial charge is 0.451 e. The van der Waals surface area contributed by atoms with Gasteiger partial charge in [-0.1, -0.05) is 47.5 Å². The molecule has 0 spiro atoms. The molecular formula is C32H27ClN2O3. The second-order valence-electron chi connectivity index (χ2n) is 9.50. The molecule has 0 aliphatic heterocycles. The van der Waals surface area contributed by atoms with E-state index in [9.17, 15) is 9.59 Å². The Bertz CT molecular complexity index is 1670. The normalized spacial score (nSPS) is 11.9. The van der Waals surface area contributed by atoms with E-state index in [-0.39, 0.29) is 5.78 Å². The number of fused-ring (bicyclic) bond motifs is 1. The van der Waals surface area contributed by atoms with Crippen LogP contribution in [0.15, 0.2) is 84.9 Å². The van der Waals surface area contributed by atoms with E-state index < -0.39 is 12.1 Å². The van der Waals surface area contributed by atoms with Crippen LogP contribution in [0.25, 0.3) is 27.8 Å². The molecule has 1 atom stereocenters. The molecule has 5 aromatic rings. The van der Waals surface area contributed by atoms with Crippen molar-refractivity contribution in [1.29, 1.82) is 0 Å². The zero-order chi connectivity index (χ0) is 27.0. The third-order valence-corrected chi connectivity index (χ3v) is 6.87. The first-order valence-electron chi connectivity index (χ1n) is 12.4. The average Bonchev–Trinajstić information content (AvgIpc) is 3.25. The first kappa shape index (κ1) is 25.4. The van der Waals surface area contributed by atoms with E-state index in [0.29, 0.717) is 32.7 Å². The molecule has 5 rings (SSSR count). The number of benzene rings is 3. The van der Waals surface area contributed by atoms with Gasteiger partial charge in [-0.2, -0.15) is 0 Å². The number of carbonyl (C=O) groups is 2. The van der Waals surface area contributed by atoms with Crippen molar-refractivity contribution in [2.75, 3.05) is 0 Å². The Hall–Kier alpha value is -4.22. The molecule has 0 aliphatic carbocycles. The van der Waals surface area contributed by atoms with Crippen molar-refractivity contribution in [3.63, 3.8) is 0 Å². The third-order valence-electron chi connectivity index (χ3n) is 6.64. The topological polar surface area (TPSA) is 61.2 Å². The van der Waals surface area contributed by atoms with E-state index in [0.717, 1.165) is 28.2 Å². The highest BCUT2D eigenvalue weighted by atomic mass is 35.5. The van der Waals surface area contributed by atoms with Crippen LogP contribution in [0.5, 0.6) is 0 Å². The van der Waals surface area contributed by atoms with Gasteiger partial charge < -0.3 is 9.30 Å². The van der Waals surface area contributed by atoms with E-state index in [1.807, 2.05) is 49.4 Å². The Balaban J connectivity index is 1.50. The van der Waals surface area contributed by atoms with E-state index in [4.69, 9.17) is 21.3 Å². The smallest absolute Gasteiger partial charge is 0.339 e. The number of hydrogen-bond donors (Lipinski definition) is 0. The summed E-state index contributed by atoms with van der Waals surface area (Å²) in [7, 11) is 0. The van der Waals surface area contributed by atoms with Gasteiger partial charge in [-0.05, 0) is 82.3 Å². The fourth-order valence-electron chi connectivity index (χ4n) is 4.67. The Kier molecular flexibility index (Phi) is 6.87. The summed E-state index contributed by atoms with van der Waals surface area (Å²) in [5.41, 5.74) is 7.30. The molecule has 38 heavy (non-hydrogen) atoms. The van der Waals surface area contributed by atoms with Crippen molar-refractivity contribution in [2.45, 2.75) is 33.8 Å². The Labute approximate surface area is 226 Å². The standard InChI is InChI=1S/C32H27ClN2O3/c1-19-8-15-29-27(16-19)28(32(37)38-22(4)31(36)24-6-5-7-25(33)17-24)18-30(34-29)23-11-13-26(14-12-23)35-20(2)9-10-21(35)3/h5-18,22H,1-4H3. The van der Waals surface area contributed by atoms with Crippen molar-refractivity contribution in [3.8, 4) is 16.9 Å². The maximum Gasteiger partial charge on any atom is 0.339 e. The molecule has 0 bridgehead atoms. The lowest BCUT2D eigenvalue weighted by molar-refractivity contribution is 0.0320. The van der Waals surface area contributed by atoms with E-state index in [2.05, 4.69) is 30.5 Å². The maximum absolute atomic E-state index is 13.4. The van der Waals surface area contributed by atoms with Crippen LogP contribution < -0.4 is 0 Å². The van der Waals surface area contributed by atoms with Gasteiger partial charge in [-0.25, -0.2) is 9.78 Å². The van der Waals surface area contributed by atoms with Crippen molar-refractivity contribution in [2.24, 2.45) is 0 Å². The first-order chi connectivity index (χ1) is 18.2. The molecule has 5 nitrogen and oxygen atoms in total. The predicted molar refractivity (Wildman–Crippen MR) is 151 cm³/mol. The number of hydrogen-bond acceptors (Lipinski definition) is 4. The summed E-state index contributed by atoms with van der Waals surface area (Å²) in [6.07, 6.45) is -0.982. The number of nitrogens with zero attached hydrogens (tertiary/aromatic N) is 2. The van der Waals surface area contributed by atoms with Crippen LogP contribution in [0.3, 0.4) is 0 Å². The van der Waals surface area contributed by atoms with Crippen molar-refractivity contribution in [1.82, 2.24) is 9.55 Å². The number of pyridine rings is 1. The highest BCUT2D eigenvalue weighted by Crippen LogP contribution is 2.28. The Morgan fingerprint density at radius 2 is 1.58 bits per heavy atom. The summed E-state index contributed by atoms with van der Waals surface area (Å²) in [4.78, 5) is 31.1. The number of aromatic nitrogens is 2. The zero-order valence-corrected chi connectivity index (χ0v) is 22.4. The second kappa shape index (κ2) is 10.3. The molecule has 0 fully saturated rings. The molecule has 0 amide bonds. The van der Waals surface area contributed by atoms with Crippen LogP contribution in [0, 0.1) is 20.8 Å². The quantitative estimate of drug-likeness (QED) is 0.169. The molecule has 2 aromatic heterocycles. The number of aryl methyl sites for hydroxylation is 3. The minimum absolute atomic E-state index is 0.318. The average molecular weight is 523 g/mol. The summed E-state index contributed by atoms with van der Waals surface area (Å²) >= 11 is 6.04. The summed E-state index contributed by atoms with van der Waals surface area (Å²) < 4.78 is 7.85. The van der Waals surface area contributed by atoms with E-state index in [1.165, 1.54) is 0 Å². The van der Waals surface area contributed by atoms with Gasteiger partial charge in [-0.15, -0.1) is 0 Å². The van der Waals surface area contributed by atoms with Gasteiger partial charge in [0, 0.05) is 38.6 Å². The molecule has 6 heteroatoms. The SMILES string of the molecule is Cc1ccc2nc(-c3ccc(-n4c(C)ccc4C)cc3)cc(C(=O)OC(C)C(=O)c3cccc(Cl)c3)c2c1. The third kappa shape index (κ3) is 4.98. The predicted octanol–water partition coefficient (Wildman–Crippen LogP) is 7.70. The van der Waals surface area contributed by atoms with Crippen molar-refractivity contribution >= 4 is 34.3 Å². The number of Topliss-reactive ketones (excluding diaryl/α,β-unsaturated/α-hetero) is 1. The van der Waals surface area contributed by atoms with Gasteiger partial charge in [0.1, 0.15) is 0 Å². The molecule has 190 valence electrons. The van der Waals surface area contributed by atoms with Gasteiger partial charge in [0.25, 0.3) is 0 Å². The van der Waals surface area contributed by atoms with E-state index >= 15 is 0 Å². The minimum Gasteiger partial charge on any atom is -0.451 e.